The second kappa shape index (κ2) is 6.37. The Morgan fingerprint density at radius 1 is 1.04 bits per heavy atom. The molecule has 2 nitrogen and oxygen atoms in total. The van der Waals surface area contributed by atoms with E-state index in [4.69, 9.17) is 4.74 Å². The monoisotopic (exact) mass is 308 g/mol. The van der Waals surface area contributed by atoms with Gasteiger partial charge in [-0.15, -0.1) is 0 Å². The van der Waals surface area contributed by atoms with Crippen molar-refractivity contribution in [2.45, 2.75) is 38.3 Å². The fourth-order valence-corrected chi connectivity index (χ4v) is 4.67. The minimum absolute atomic E-state index is 0.743. The van der Waals surface area contributed by atoms with Crippen LogP contribution in [0, 0.1) is 5.92 Å². The van der Waals surface area contributed by atoms with E-state index in [-0.39, 0.29) is 0 Å². The van der Waals surface area contributed by atoms with Crippen molar-refractivity contribution in [3.8, 4) is 5.75 Å². The van der Waals surface area contributed by atoms with Crippen LogP contribution in [-0.4, -0.2) is 19.7 Å². The lowest BCUT2D eigenvalue weighted by Crippen LogP contribution is -3.16. The van der Waals surface area contributed by atoms with Crippen LogP contribution in [0.3, 0.4) is 0 Å². The quantitative estimate of drug-likeness (QED) is 0.920. The van der Waals surface area contributed by atoms with Crippen molar-refractivity contribution in [1.82, 2.24) is 0 Å². The summed E-state index contributed by atoms with van der Waals surface area (Å²) in [7, 11) is 1.80. The average Bonchev–Trinajstić information content (AvgIpc) is 2.61. The summed E-state index contributed by atoms with van der Waals surface area (Å²) in [6.45, 7) is 2.47. The number of hydrogen-bond donors (Lipinski definition) is 1. The smallest absolute Gasteiger partial charge is 0.122 e. The first-order valence-electron chi connectivity index (χ1n) is 8.88. The number of methoxy groups -OCH3 is 1. The van der Waals surface area contributed by atoms with Crippen molar-refractivity contribution in [2.24, 2.45) is 5.92 Å². The first-order chi connectivity index (χ1) is 11.3. The fraction of sp³-hybridized carbons (Fsp3) is 0.429. The highest BCUT2D eigenvalue weighted by Gasteiger charge is 2.39. The van der Waals surface area contributed by atoms with E-state index in [0.29, 0.717) is 0 Å². The number of piperidine rings is 1. The minimum Gasteiger partial charge on any atom is -0.496 e. The molecule has 120 valence electrons. The SMILES string of the molecule is COc1cccc2c1C[C@H]1[C@@H](CCC[NH+]1Cc1ccccc1)C2. The molecule has 2 aliphatic rings. The van der Waals surface area contributed by atoms with Crippen molar-refractivity contribution in [3.05, 3.63) is 65.2 Å². The van der Waals surface area contributed by atoms with Crippen molar-refractivity contribution in [1.29, 1.82) is 0 Å². The van der Waals surface area contributed by atoms with Crippen molar-refractivity contribution < 1.29 is 9.64 Å². The van der Waals surface area contributed by atoms with E-state index in [1.165, 1.54) is 48.9 Å². The van der Waals surface area contributed by atoms with Crippen molar-refractivity contribution in [3.63, 3.8) is 0 Å². The van der Waals surface area contributed by atoms with E-state index in [1.807, 2.05) is 0 Å². The van der Waals surface area contributed by atoms with Crippen molar-refractivity contribution in [2.75, 3.05) is 13.7 Å². The van der Waals surface area contributed by atoms with Crippen LogP contribution in [-0.2, 0) is 19.4 Å². The van der Waals surface area contributed by atoms with Gasteiger partial charge in [0.05, 0.1) is 19.7 Å². The number of likely N-dealkylation sites (tertiary alicyclic amines) is 1. The Kier molecular flexibility index (Phi) is 4.09. The van der Waals surface area contributed by atoms with Crippen LogP contribution in [0.15, 0.2) is 48.5 Å². The molecule has 2 aromatic rings. The predicted octanol–water partition coefficient (Wildman–Crippen LogP) is 2.66. The van der Waals surface area contributed by atoms with Gasteiger partial charge in [0.1, 0.15) is 12.3 Å². The van der Waals surface area contributed by atoms with E-state index < -0.39 is 0 Å². The third-order valence-corrected chi connectivity index (χ3v) is 5.80. The summed E-state index contributed by atoms with van der Waals surface area (Å²) in [5.74, 6) is 1.92. The lowest BCUT2D eigenvalue weighted by molar-refractivity contribution is -0.948. The molecule has 4 rings (SSSR count). The van der Waals surface area contributed by atoms with Gasteiger partial charge < -0.3 is 9.64 Å². The maximum Gasteiger partial charge on any atom is 0.122 e. The lowest BCUT2D eigenvalue weighted by Gasteiger charge is -2.42. The van der Waals surface area contributed by atoms with Gasteiger partial charge in [0.2, 0.25) is 0 Å². The number of benzene rings is 2. The Morgan fingerprint density at radius 2 is 1.91 bits per heavy atom. The van der Waals surface area contributed by atoms with Gasteiger partial charge in [-0.2, -0.15) is 0 Å². The summed E-state index contributed by atoms with van der Waals surface area (Å²) >= 11 is 0. The molecule has 1 saturated heterocycles. The molecular formula is C21H26NO+. The molecule has 0 aromatic heterocycles. The Morgan fingerprint density at radius 3 is 2.74 bits per heavy atom. The highest BCUT2D eigenvalue weighted by atomic mass is 16.5. The first-order valence-corrected chi connectivity index (χ1v) is 8.88. The molecule has 2 aromatic carbocycles. The molecule has 0 radical (unpaired) electrons. The maximum atomic E-state index is 5.64. The third kappa shape index (κ3) is 2.88. The van der Waals surface area contributed by atoms with Gasteiger partial charge >= 0.3 is 0 Å². The third-order valence-electron chi connectivity index (χ3n) is 5.80. The molecule has 1 fully saturated rings. The van der Waals surface area contributed by atoms with Crippen LogP contribution in [0.5, 0.6) is 5.75 Å². The van der Waals surface area contributed by atoms with Gasteiger partial charge in [-0.3, -0.25) is 0 Å². The van der Waals surface area contributed by atoms with Gasteiger partial charge in [0, 0.05) is 23.5 Å². The number of fused-ring (bicyclic) bond motifs is 2. The summed E-state index contributed by atoms with van der Waals surface area (Å²) < 4.78 is 5.64. The molecule has 1 unspecified atom stereocenters. The molecule has 2 heteroatoms. The number of ether oxygens (including phenoxy) is 1. The molecule has 3 atom stereocenters. The summed E-state index contributed by atoms with van der Waals surface area (Å²) in [5.41, 5.74) is 4.45. The second-order valence-corrected chi connectivity index (χ2v) is 7.09. The Bertz CT molecular complexity index is 667. The van der Waals surface area contributed by atoms with E-state index >= 15 is 0 Å². The second-order valence-electron chi connectivity index (χ2n) is 7.09. The standard InChI is InChI=1S/C21H25NO/c1-23-21-11-5-9-17-13-18-10-6-12-22(20(18)14-19(17)21)15-16-7-3-2-4-8-16/h2-5,7-9,11,18,20H,6,10,12-15H2,1H3/p+1/t18-,20-/m0/s1. The van der Waals surface area contributed by atoms with Gasteiger partial charge in [0.25, 0.3) is 0 Å². The molecule has 1 heterocycles. The molecule has 0 amide bonds. The van der Waals surface area contributed by atoms with Crippen LogP contribution >= 0.6 is 0 Å². The fourth-order valence-electron chi connectivity index (χ4n) is 4.67. The molecule has 23 heavy (non-hydrogen) atoms. The highest BCUT2D eigenvalue weighted by Crippen LogP contribution is 2.34. The summed E-state index contributed by atoms with van der Waals surface area (Å²) in [6, 6.07) is 18.3. The van der Waals surface area contributed by atoms with Crippen LogP contribution in [0.1, 0.15) is 29.5 Å². The van der Waals surface area contributed by atoms with E-state index in [9.17, 15) is 0 Å². The zero-order valence-electron chi connectivity index (χ0n) is 13.9. The molecule has 1 N–H and O–H groups in total. The van der Waals surface area contributed by atoms with Crippen LogP contribution in [0.4, 0.5) is 0 Å². The summed E-state index contributed by atoms with van der Waals surface area (Å²) in [4.78, 5) is 1.77. The van der Waals surface area contributed by atoms with Gasteiger partial charge in [-0.05, 0) is 30.9 Å². The number of hydrogen-bond acceptors (Lipinski definition) is 1. The zero-order valence-corrected chi connectivity index (χ0v) is 13.9. The highest BCUT2D eigenvalue weighted by molar-refractivity contribution is 5.42. The Labute approximate surface area is 139 Å². The summed E-state index contributed by atoms with van der Waals surface area (Å²) in [6.07, 6.45) is 5.16. The molecular weight excluding hydrogens is 282 g/mol. The lowest BCUT2D eigenvalue weighted by atomic mass is 9.75. The largest absolute Gasteiger partial charge is 0.496 e. The van der Waals surface area contributed by atoms with Gasteiger partial charge in [-0.1, -0.05) is 42.5 Å². The average molecular weight is 308 g/mol. The number of quaternary nitrogens is 1. The first kappa shape index (κ1) is 14.8. The number of nitrogens with one attached hydrogen (secondary N) is 1. The van der Waals surface area contributed by atoms with E-state index in [2.05, 4.69) is 48.5 Å². The summed E-state index contributed by atoms with van der Waals surface area (Å²) in [5, 5.41) is 0. The van der Waals surface area contributed by atoms with Gasteiger partial charge in [0.15, 0.2) is 0 Å². The van der Waals surface area contributed by atoms with Gasteiger partial charge in [-0.25, -0.2) is 0 Å². The normalized spacial score (nSPS) is 26.2. The zero-order chi connectivity index (χ0) is 15.6. The topological polar surface area (TPSA) is 13.7 Å². The molecule has 0 saturated carbocycles. The Balaban J connectivity index is 1.60. The van der Waals surface area contributed by atoms with Crippen LogP contribution in [0.2, 0.25) is 0 Å². The predicted molar refractivity (Wildman–Crippen MR) is 92.9 cm³/mol. The number of rotatable bonds is 3. The molecule has 1 aliphatic heterocycles. The molecule has 0 bridgehead atoms. The molecule has 0 spiro atoms. The van der Waals surface area contributed by atoms with Crippen LogP contribution < -0.4 is 9.64 Å². The maximum absolute atomic E-state index is 5.64. The van der Waals surface area contributed by atoms with Crippen molar-refractivity contribution >= 4 is 0 Å². The van der Waals surface area contributed by atoms with E-state index in [0.717, 1.165) is 24.3 Å². The Hall–Kier alpha value is -1.80. The minimum atomic E-state index is 0.743. The van der Waals surface area contributed by atoms with Crippen LogP contribution in [0.25, 0.3) is 0 Å². The molecule has 1 aliphatic carbocycles. The van der Waals surface area contributed by atoms with E-state index in [1.54, 1.807) is 12.0 Å².